The Morgan fingerprint density at radius 3 is 2.88 bits per heavy atom. The maximum Gasteiger partial charge on any atom is 0.121 e. The van der Waals surface area contributed by atoms with Gasteiger partial charge in [-0.05, 0) is 18.2 Å². The predicted octanol–water partition coefficient (Wildman–Crippen LogP) is 2.60. The van der Waals surface area contributed by atoms with E-state index in [1.165, 1.54) is 0 Å². The molecule has 0 unspecified atom stereocenters. The maximum atomic E-state index is 5.75. The van der Waals surface area contributed by atoms with Crippen LogP contribution in [0.5, 0.6) is 5.75 Å². The van der Waals surface area contributed by atoms with E-state index in [0.717, 1.165) is 16.7 Å². The topological polar surface area (TPSA) is 48.1 Å². The summed E-state index contributed by atoms with van der Waals surface area (Å²) >= 11 is 0. The lowest BCUT2D eigenvalue weighted by molar-refractivity contribution is 0.187. The molecule has 0 radical (unpaired) electrons. The van der Waals surface area contributed by atoms with E-state index in [1.807, 2.05) is 30.3 Å². The van der Waals surface area contributed by atoms with Gasteiger partial charge < -0.3 is 10.5 Å². The van der Waals surface area contributed by atoms with Crippen LogP contribution in [0.4, 0.5) is 0 Å². The maximum absolute atomic E-state index is 5.75. The van der Waals surface area contributed by atoms with Crippen molar-refractivity contribution in [2.45, 2.75) is 13.8 Å². The first kappa shape index (κ1) is 11.9. The van der Waals surface area contributed by atoms with Gasteiger partial charge in [0.25, 0.3) is 0 Å². The quantitative estimate of drug-likeness (QED) is 0.878. The minimum atomic E-state index is -0.000919. The van der Waals surface area contributed by atoms with Gasteiger partial charge in [0, 0.05) is 29.6 Å². The highest BCUT2D eigenvalue weighted by Gasteiger charge is 2.16. The van der Waals surface area contributed by atoms with Crippen molar-refractivity contribution < 1.29 is 4.74 Å². The number of benzene rings is 1. The third-order valence-corrected chi connectivity index (χ3v) is 2.76. The molecule has 0 amide bonds. The Bertz CT molecular complexity index is 508. The number of ether oxygens (including phenoxy) is 1. The number of aromatic nitrogens is 1. The molecule has 0 aliphatic heterocycles. The molecule has 0 saturated carbocycles. The minimum Gasteiger partial charge on any atom is -0.493 e. The molecule has 2 rings (SSSR count). The number of pyridine rings is 1. The summed E-state index contributed by atoms with van der Waals surface area (Å²) < 4.78 is 5.75. The Hall–Kier alpha value is -1.61. The number of hydrogen-bond acceptors (Lipinski definition) is 3. The van der Waals surface area contributed by atoms with E-state index in [0.29, 0.717) is 13.2 Å². The van der Waals surface area contributed by atoms with Crippen molar-refractivity contribution in [2.75, 3.05) is 13.2 Å². The first-order valence-corrected chi connectivity index (χ1v) is 5.78. The van der Waals surface area contributed by atoms with E-state index in [2.05, 4.69) is 18.8 Å². The van der Waals surface area contributed by atoms with Crippen LogP contribution >= 0.6 is 0 Å². The first-order chi connectivity index (χ1) is 8.11. The summed E-state index contributed by atoms with van der Waals surface area (Å²) in [7, 11) is 0. The second-order valence-corrected chi connectivity index (χ2v) is 5.01. The zero-order chi connectivity index (χ0) is 12.3. The molecule has 17 heavy (non-hydrogen) atoms. The van der Waals surface area contributed by atoms with Crippen LogP contribution in [0.15, 0.2) is 36.5 Å². The number of nitrogens with two attached hydrogens (primary N) is 1. The Balaban J connectivity index is 2.14. The van der Waals surface area contributed by atoms with Crippen molar-refractivity contribution in [1.82, 2.24) is 4.98 Å². The summed E-state index contributed by atoms with van der Waals surface area (Å²) in [5.41, 5.74) is 6.62. The predicted molar refractivity (Wildman–Crippen MR) is 70.1 cm³/mol. The molecule has 3 heteroatoms. The molecule has 1 aromatic heterocycles. The van der Waals surface area contributed by atoms with Gasteiger partial charge in [-0.1, -0.05) is 19.9 Å². The zero-order valence-electron chi connectivity index (χ0n) is 10.3. The molecule has 0 atom stereocenters. The van der Waals surface area contributed by atoms with Crippen molar-refractivity contribution in [2.24, 2.45) is 11.1 Å². The van der Waals surface area contributed by atoms with Gasteiger partial charge >= 0.3 is 0 Å². The Morgan fingerprint density at radius 2 is 2.12 bits per heavy atom. The zero-order valence-corrected chi connectivity index (χ0v) is 10.3. The lowest BCUT2D eigenvalue weighted by Crippen LogP contribution is -2.30. The fourth-order valence-electron chi connectivity index (χ4n) is 1.47. The van der Waals surface area contributed by atoms with E-state index in [1.54, 1.807) is 6.20 Å². The lowest BCUT2D eigenvalue weighted by atomic mass is 9.95. The van der Waals surface area contributed by atoms with Crippen molar-refractivity contribution in [3.05, 3.63) is 36.5 Å². The largest absolute Gasteiger partial charge is 0.493 e. The highest BCUT2D eigenvalue weighted by Crippen LogP contribution is 2.21. The normalized spacial score (nSPS) is 11.7. The Labute approximate surface area is 102 Å². The SMILES string of the molecule is CC(C)(CN)COc1ccc2cccnc2c1. The molecule has 3 nitrogen and oxygen atoms in total. The van der Waals surface area contributed by atoms with Crippen LogP contribution in [0.25, 0.3) is 10.9 Å². The molecule has 0 spiro atoms. The van der Waals surface area contributed by atoms with Gasteiger partial charge in [-0.2, -0.15) is 0 Å². The summed E-state index contributed by atoms with van der Waals surface area (Å²) in [5.74, 6) is 0.845. The molecule has 0 aliphatic rings. The van der Waals surface area contributed by atoms with Crippen LogP contribution in [0.1, 0.15) is 13.8 Å². The van der Waals surface area contributed by atoms with Crippen LogP contribution in [-0.2, 0) is 0 Å². The number of rotatable bonds is 4. The molecule has 2 N–H and O–H groups in total. The lowest BCUT2D eigenvalue weighted by Gasteiger charge is -2.22. The van der Waals surface area contributed by atoms with E-state index < -0.39 is 0 Å². The smallest absolute Gasteiger partial charge is 0.121 e. The molecular weight excluding hydrogens is 212 g/mol. The van der Waals surface area contributed by atoms with Crippen LogP contribution in [0.3, 0.4) is 0 Å². The molecule has 0 fully saturated rings. The summed E-state index contributed by atoms with van der Waals surface area (Å²) in [5, 5.41) is 1.12. The average Bonchev–Trinajstić information content (AvgIpc) is 2.36. The number of fused-ring (bicyclic) bond motifs is 1. The monoisotopic (exact) mass is 230 g/mol. The van der Waals surface area contributed by atoms with E-state index >= 15 is 0 Å². The fourth-order valence-corrected chi connectivity index (χ4v) is 1.47. The molecule has 90 valence electrons. The van der Waals surface area contributed by atoms with Crippen molar-refractivity contribution in [3.63, 3.8) is 0 Å². The van der Waals surface area contributed by atoms with E-state index in [4.69, 9.17) is 10.5 Å². The van der Waals surface area contributed by atoms with Crippen LogP contribution in [0, 0.1) is 5.41 Å². The molecule has 0 aliphatic carbocycles. The van der Waals surface area contributed by atoms with Gasteiger partial charge in [0.05, 0.1) is 12.1 Å². The summed E-state index contributed by atoms with van der Waals surface area (Å²) in [4.78, 5) is 4.30. The van der Waals surface area contributed by atoms with Gasteiger partial charge in [-0.3, -0.25) is 4.98 Å². The van der Waals surface area contributed by atoms with Gasteiger partial charge in [0.15, 0.2) is 0 Å². The third-order valence-electron chi connectivity index (χ3n) is 2.76. The highest BCUT2D eigenvalue weighted by molar-refractivity contribution is 5.79. The first-order valence-electron chi connectivity index (χ1n) is 5.78. The molecule has 1 aromatic carbocycles. The molecule has 0 bridgehead atoms. The molecule has 1 heterocycles. The highest BCUT2D eigenvalue weighted by atomic mass is 16.5. The molecule has 2 aromatic rings. The van der Waals surface area contributed by atoms with E-state index in [9.17, 15) is 0 Å². The van der Waals surface area contributed by atoms with Crippen LogP contribution in [0.2, 0.25) is 0 Å². The fraction of sp³-hybridized carbons (Fsp3) is 0.357. The van der Waals surface area contributed by atoms with Gasteiger partial charge in [-0.15, -0.1) is 0 Å². The van der Waals surface area contributed by atoms with Crippen molar-refractivity contribution >= 4 is 10.9 Å². The van der Waals surface area contributed by atoms with Crippen molar-refractivity contribution in [1.29, 1.82) is 0 Å². The molecular formula is C14H18N2O. The van der Waals surface area contributed by atoms with Gasteiger partial charge in [0.1, 0.15) is 5.75 Å². The summed E-state index contributed by atoms with van der Waals surface area (Å²) in [6.07, 6.45) is 1.79. The Kier molecular flexibility index (Phi) is 3.29. The second-order valence-electron chi connectivity index (χ2n) is 5.01. The number of hydrogen-bond donors (Lipinski definition) is 1. The number of nitrogens with zero attached hydrogens (tertiary/aromatic N) is 1. The van der Waals surface area contributed by atoms with Gasteiger partial charge in [-0.25, -0.2) is 0 Å². The second kappa shape index (κ2) is 4.72. The summed E-state index contributed by atoms with van der Waals surface area (Å²) in [6, 6.07) is 9.92. The average molecular weight is 230 g/mol. The van der Waals surface area contributed by atoms with Crippen LogP contribution < -0.4 is 10.5 Å². The Morgan fingerprint density at radius 1 is 1.29 bits per heavy atom. The van der Waals surface area contributed by atoms with Crippen molar-refractivity contribution in [3.8, 4) is 5.75 Å². The molecule has 0 saturated heterocycles. The van der Waals surface area contributed by atoms with E-state index in [-0.39, 0.29) is 5.41 Å². The minimum absolute atomic E-state index is 0.000919. The summed E-state index contributed by atoms with van der Waals surface area (Å²) in [6.45, 7) is 5.40. The standard InChI is InChI=1S/C14H18N2O/c1-14(2,9-15)10-17-12-6-5-11-4-3-7-16-13(11)8-12/h3-8H,9-10,15H2,1-2H3. The third kappa shape index (κ3) is 2.94. The van der Waals surface area contributed by atoms with Gasteiger partial charge in [0.2, 0.25) is 0 Å². The van der Waals surface area contributed by atoms with Crippen LogP contribution in [-0.4, -0.2) is 18.1 Å².